The number of sulfone groups is 1. The van der Waals surface area contributed by atoms with Gasteiger partial charge in [0.05, 0.1) is 22.4 Å². The SMILES string of the molecule is CC(C)N1CC[C@]2(CC[C@H](CS(=O)(=O)c3ccc(OC/C(=C/F)CNC(=O)OC(C)(C)C)cc3)CC2)C1=O. The summed E-state index contributed by atoms with van der Waals surface area (Å²) in [5.41, 5.74) is -0.773. The number of benzene rings is 1. The summed E-state index contributed by atoms with van der Waals surface area (Å²) < 4.78 is 50.0. The molecule has 2 amide bonds. The quantitative estimate of drug-likeness (QED) is 0.461. The molecular formula is C28H41FN2O6S. The van der Waals surface area contributed by atoms with E-state index in [0.29, 0.717) is 12.1 Å². The molecule has 8 nitrogen and oxygen atoms in total. The number of nitrogens with one attached hydrogen (secondary N) is 1. The molecule has 3 rings (SSSR count). The van der Waals surface area contributed by atoms with Gasteiger partial charge in [-0.1, -0.05) is 0 Å². The number of carbonyl (C=O) groups excluding carboxylic acids is 2. The van der Waals surface area contributed by atoms with Gasteiger partial charge in [0.1, 0.15) is 18.0 Å². The van der Waals surface area contributed by atoms with Gasteiger partial charge in [-0.15, -0.1) is 0 Å². The van der Waals surface area contributed by atoms with E-state index < -0.39 is 21.5 Å². The van der Waals surface area contributed by atoms with Crippen LogP contribution in [0.5, 0.6) is 5.75 Å². The Balaban J connectivity index is 1.49. The molecular weight excluding hydrogens is 511 g/mol. The molecule has 1 heterocycles. The van der Waals surface area contributed by atoms with Crippen LogP contribution in [-0.2, 0) is 19.4 Å². The summed E-state index contributed by atoms with van der Waals surface area (Å²) in [5.74, 6) is 0.693. The highest BCUT2D eigenvalue weighted by Gasteiger charge is 2.49. The minimum absolute atomic E-state index is 0.0252. The van der Waals surface area contributed by atoms with E-state index in [1.54, 1.807) is 20.8 Å². The normalized spacial score (nSPS) is 22.7. The summed E-state index contributed by atoms with van der Waals surface area (Å²) in [6, 6.07) is 6.26. The van der Waals surface area contributed by atoms with Crippen molar-refractivity contribution in [3.05, 3.63) is 36.2 Å². The second-order valence-electron chi connectivity index (χ2n) is 11.7. The average Bonchev–Trinajstić information content (AvgIpc) is 3.15. The van der Waals surface area contributed by atoms with Gasteiger partial charge in [0.15, 0.2) is 9.84 Å². The Morgan fingerprint density at radius 2 is 1.82 bits per heavy atom. The summed E-state index contributed by atoms with van der Waals surface area (Å²) >= 11 is 0. The third-order valence-corrected chi connectivity index (χ3v) is 9.21. The molecule has 0 unspecified atom stereocenters. The number of carbonyl (C=O) groups is 2. The lowest BCUT2D eigenvalue weighted by molar-refractivity contribution is -0.139. The summed E-state index contributed by atoms with van der Waals surface area (Å²) in [4.78, 5) is 26.9. The van der Waals surface area contributed by atoms with Gasteiger partial charge in [-0.05, 0) is 96.9 Å². The molecule has 2 aliphatic rings. The Morgan fingerprint density at radius 1 is 1.18 bits per heavy atom. The number of nitrogens with zero attached hydrogens (tertiary/aromatic N) is 1. The van der Waals surface area contributed by atoms with Crippen molar-refractivity contribution < 1.29 is 31.9 Å². The molecule has 1 saturated heterocycles. The standard InChI is InChI=1S/C28H41FN2O6S/c1-20(2)31-15-14-28(25(31)32)12-10-21(11-13-28)19-38(34,35)24-8-6-23(7-9-24)36-18-22(16-29)17-30-26(33)37-27(3,4)5/h6-9,16,20-21H,10-15,17-19H2,1-5H3,(H,30,33)/b22-16+/t21-,28+. The smallest absolute Gasteiger partial charge is 0.407 e. The maximum atomic E-state index is 13.2. The first kappa shape index (κ1) is 29.9. The average molecular weight is 553 g/mol. The zero-order valence-electron chi connectivity index (χ0n) is 23.1. The lowest BCUT2D eigenvalue weighted by atomic mass is 9.70. The zero-order chi connectivity index (χ0) is 28.1. The fourth-order valence-electron chi connectivity index (χ4n) is 5.15. The number of halogens is 1. The predicted molar refractivity (Wildman–Crippen MR) is 143 cm³/mol. The van der Waals surface area contributed by atoms with Crippen molar-refractivity contribution >= 4 is 21.8 Å². The van der Waals surface area contributed by atoms with Crippen LogP contribution in [-0.4, -0.2) is 62.4 Å². The third-order valence-electron chi connectivity index (χ3n) is 7.31. The molecule has 0 atom stereocenters. The van der Waals surface area contributed by atoms with Crippen molar-refractivity contribution in [3.63, 3.8) is 0 Å². The highest BCUT2D eigenvalue weighted by atomic mass is 32.2. The van der Waals surface area contributed by atoms with Crippen LogP contribution in [0, 0.1) is 11.3 Å². The molecule has 1 aromatic rings. The number of amides is 2. The zero-order valence-corrected chi connectivity index (χ0v) is 23.9. The Kier molecular flexibility index (Phi) is 9.49. The molecule has 0 bridgehead atoms. The van der Waals surface area contributed by atoms with Crippen molar-refractivity contribution in [2.45, 2.75) is 83.3 Å². The van der Waals surface area contributed by atoms with Gasteiger partial charge in [-0.2, -0.15) is 0 Å². The van der Waals surface area contributed by atoms with Crippen LogP contribution in [0.1, 0.15) is 66.7 Å². The summed E-state index contributed by atoms with van der Waals surface area (Å²) in [5, 5.41) is 2.47. The van der Waals surface area contributed by atoms with E-state index >= 15 is 0 Å². The molecule has 1 N–H and O–H groups in total. The molecule has 1 aromatic carbocycles. The largest absolute Gasteiger partial charge is 0.489 e. The molecule has 2 fully saturated rings. The first-order valence-electron chi connectivity index (χ1n) is 13.3. The van der Waals surface area contributed by atoms with Crippen LogP contribution in [0.2, 0.25) is 0 Å². The van der Waals surface area contributed by atoms with Crippen molar-refractivity contribution in [3.8, 4) is 5.75 Å². The molecule has 1 saturated carbocycles. The molecule has 38 heavy (non-hydrogen) atoms. The summed E-state index contributed by atoms with van der Waals surface area (Å²) in [7, 11) is -3.50. The molecule has 1 spiro atoms. The lowest BCUT2D eigenvalue weighted by Gasteiger charge is -2.36. The van der Waals surface area contributed by atoms with E-state index in [2.05, 4.69) is 5.32 Å². The van der Waals surface area contributed by atoms with Gasteiger partial charge in [0, 0.05) is 24.7 Å². The number of hydrogen-bond donors (Lipinski definition) is 1. The second-order valence-corrected chi connectivity index (χ2v) is 13.8. The first-order chi connectivity index (χ1) is 17.7. The van der Waals surface area contributed by atoms with Crippen LogP contribution >= 0.6 is 0 Å². The fraction of sp³-hybridized carbons (Fsp3) is 0.643. The van der Waals surface area contributed by atoms with E-state index in [1.807, 2.05) is 18.7 Å². The van der Waals surface area contributed by atoms with E-state index in [-0.39, 0.29) is 52.7 Å². The number of hydrogen-bond acceptors (Lipinski definition) is 6. The molecule has 212 valence electrons. The fourth-order valence-corrected chi connectivity index (χ4v) is 6.84. The Bertz CT molecular complexity index is 1120. The minimum Gasteiger partial charge on any atom is -0.489 e. The van der Waals surface area contributed by atoms with Crippen molar-refractivity contribution in [1.82, 2.24) is 10.2 Å². The second kappa shape index (κ2) is 12.1. The maximum absolute atomic E-state index is 13.2. The predicted octanol–water partition coefficient (Wildman–Crippen LogP) is 5.03. The molecule has 0 radical (unpaired) electrons. The van der Waals surface area contributed by atoms with Gasteiger partial charge >= 0.3 is 6.09 Å². The number of rotatable bonds is 9. The van der Waals surface area contributed by atoms with E-state index in [4.69, 9.17) is 9.47 Å². The minimum atomic E-state index is -3.50. The highest BCUT2D eigenvalue weighted by Crippen LogP contribution is 2.47. The van der Waals surface area contributed by atoms with Crippen molar-refractivity contribution in [1.29, 1.82) is 0 Å². The van der Waals surface area contributed by atoms with E-state index in [1.165, 1.54) is 24.3 Å². The van der Waals surface area contributed by atoms with Gasteiger partial charge in [-0.3, -0.25) is 4.79 Å². The van der Waals surface area contributed by atoms with E-state index in [0.717, 1.165) is 38.6 Å². The molecule has 1 aliphatic heterocycles. The molecule has 0 aromatic heterocycles. The summed E-state index contributed by atoms with van der Waals surface area (Å²) in [6.45, 7) is 9.85. The number of ether oxygens (including phenoxy) is 2. The van der Waals surface area contributed by atoms with Gasteiger partial charge < -0.3 is 19.7 Å². The molecule has 10 heteroatoms. The van der Waals surface area contributed by atoms with Crippen LogP contribution in [0.15, 0.2) is 41.1 Å². The first-order valence-corrected chi connectivity index (χ1v) is 14.9. The van der Waals surface area contributed by atoms with Crippen LogP contribution in [0.25, 0.3) is 0 Å². The van der Waals surface area contributed by atoms with Crippen LogP contribution in [0.4, 0.5) is 9.18 Å². The number of likely N-dealkylation sites (tertiary alicyclic amines) is 1. The Hall–Kier alpha value is -2.62. The third kappa shape index (κ3) is 7.71. The van der Waals surface area contributed by atoms with E-state index in [9.17, 15) is 22.4 Å². The van der Waals surface area contributed by atoms with Crippen molar-refractivity contribution in [2.75, 3.05) is 25.4 Å². The maximum Gasteiger partial charge on any atom is 0.407 e. The Morgan fingerprint density at radius 3 is 2.34 bits per heavy atom. The monoisotopic (exact) mass is 552 g/mol. The highest BCUT2D eigenvalue weighted by molar-refractivity contribution is 7.91. The van der Waals surface area contributed by atoms with Crippen LogP contribution in [0.3, 0.4) is 0 Å². The topological polar surface area (TPSA) is 102 Å². The Labute approximate surface area is 225 Å². The van der Waals surface area contributed by atoms with Crippen molar-refractivity contribution in [2.24, 2.45) is 11.3 Å². The van der Waals surface area contributed by atoms with Gasteiger partial charge in [-0.25, -0.2) is 17.6 Å². The lowest BCUT2D eigenvalue weighted by Crippen LogP contribution is -2.40. The number of alkyl carbamates (subject to hydrolysis) is 1. The van der Waals surface area contributed by atoms with Crippen LogP contribution < -0.4 is 10.1 Å². The van der Waals surface area contributed by atoms with Gasteiger partial charge in [0.25, 0.3) is 0 Å². The molecule has 1 aliphatic carbocycles. The summed E-state index contributed by atoms with van der Waals surface area (Å²) in [6.07, 6.45) is 3.52. The van der Waals surface area contributed by atoms with Gasteiger partial charge in [0.2, 0.25) is 5.91 Å².